The fraction of sp³-hybridized carbons (Fsp3) is 0.467. The van der Waals surface area contributed by atoms with Crippen molar-refractivity contribution in [2.75, 3.05) is 7.11 Å². The maximum Gasteiger partial charge on any atom is 0.310 e. The summed E-state index contributed by atoms with van der Waals surface area (Å²) >= 11 is 0. The van der Waals surface area contributed by atoms with Gasteiger partial charge in [-0.15, -0.1) is 0 Å². The first-order valence-electron chi connectivity index (χ1n) is 6.47. The Labute approximate surface area is 113 Å². The minimum Gasteiger partial charge on any atom is -0.469 e. The summed E-state index contributed by atoms with van der Waals surface area (Å²) < 4.78 is 6.86. The van der Waals surface area contributed by atoms with E-state index in [2.05, 4.69) is 31.0 Å². The zero-order valence-corrected chi connectivity index (χ0v) is 12.1. The Bertz CT molecular complexity index is 616. The molecule has 0 amide bonds. The molecule has 1 aromatic carbocycles. The van der Waals surface area contributed by atoms with Crippen LogP contribution in [0.2, 0.25) is 0 Å². The molecule has 0 fully saturated rings. The van der Waals surface area contributed by atoms with Crippen LogP contribution in [0, 0.1) is 19.8 Å². The van der Waals surface area contributed by atoms with E-state index < -0.39 is 0 Å². The van der Waals surface area contributed by atoms with Crippen molar-refractivity contribution in [2.45, 2.75) is 33.7 Å². The maximum atomic E-state index is 11.6. The monoisotopic (exact) mass is 260 g/mol. The molecule has 2 rings (SSSR count). The second kappa shape index (κ2) is 5.03. The molecule has 1 aromatic heterocycles. The number of methoxy groups -OCH3 is 1. The number of hydrogen-bond acceptors (Lipinski definition) is 3. The number of imidazole rings is 1. The van der Waals surface area contributed by atoms with Gasteiger partial charge in [0, 0.05) is 6.04 Å². The SMILES string of the molecule is COC(=O)C(C)C(C)n1cnc2cc(C)c(C)cc21. The van der Waals surface area contributed by atoms with E-state index in [9.17, 15) is 4.79 Å². The van der Waals surface area contributed by atoms with Gasteiger partial charge < -0.3 is 9.30 Å². The predicted molar refractivity (Wildman–Crippen MR) is 75.1 cm³/mol. The highest BCUT2D eigenvalue weighted by molar-refractivity contribution is 5.78. The lowest BCUT2D eigenvalue weighted by atomic mass is 10.0. The molecule has 1 heterocycles. The average Bonchev–Trinajstić information content (AvgIpc) is 2.79. The minimum absolute atomic E-state index is 0.0135. The molecule has 0 aliphatic rings. The molecule has 0 saturated carbocycles. The molecular weight excluding hydrogens is 240 g/mol. The number of carbonyl (C=O) groups is 1. The van der Waals surface area contributed by atoms with Gasteiger partial charge in [-0.05, 0) is 51.0 Å². The molecule has 0 N–H and O–H groups in total. The number of rotatable bonds is 3. The molecule has 2 unspecified atom stereocenters. The van der Waals surface area contributed by atoms with Crippen LogP contribution in [0.3, 0.4) is 0 Å². The zero-order valence-electron chi connectivity index (χ0n) is 12.1. The van der Waals surface area contributed by atoms with Gasteiger partial charge >= 0.3 is 5.97 Å². The number of carbonyl (C=O) groups excluding carboxylic acids is 1. The molecule has 0 radical (unpaired) electrons. The molecule has 19 heavy (non-hydrogen) atoms. The van der Waals surface area contributed by atoms with Crippen LogP contribution in [0.1, 0.15) is 31.0 Å². The lowest BCUT2D eigenvalue weighted by molar-refractivity contribution is -0.146. The lowest BCUT2D eigenvalue weighted by Crippen LogP contribution is -2.22. The molecule has 4 heteroatoms. The normalized spacial score (nSPS) is 14.4. The number of nitrogens with zero attached hydrogens (tertiary/aromatic N) is 2. The molecule has 4 nitrogen and oxygen atoms in total. The van der Waals surface area contributed by atoms with Gasteiger partial charge in [-0.25, -0.2) is 4.98 Å². The Morgan fingerprint density at radius 2 is 1.89 bits per heavy atom. The number of aryl methyl sites for hydroxylation is 2. The Morgan fingerprint density at radius 1 is 1.26 bits per heavy atom. The van der Waals surface area contributed by atoms with Crippen molar-refractivity contribution in [3.05, 3.63) is 29.6 Å². The van der Waals surface area contributed by atoms with Gasteiger partial charge in [0.05, 0.1) is 30.4 Å². The van der Waals surface area contributed by atoms with Crippen LogP contribution in [-0.4, -0.2) is 22.6 Å². The number of aromatic nitrogens is 2. The number of benzene rings is 1. The molecule has 2 atom stereocenters. The third-order valence-electron chi connectivity index (χ3n) is 3.93. The van der Waals surface area contributed by atoms with Crippen LogP contribution in [0.25, 0.3) is 11.0 Å². The van der Waals surface area contributed by atoms with Crippen LogP contribution in [0.4, 0.5) is 0 Å². The van der Waals surface area contributed by atoms with Crippen molar-refractivity contribution in [2.24, 2.45) is 5.92 Å². The fourth-order valence-corrected chi connectivity index (χ4v) is 2.23. The Hall–Kier alpha value is -1.84. The molecule has 0 spiro atoms. The van der Waals surface area contributed by atoms with Crippen LogP contribution in [-0.2, 0) is 9.53 Å². The Balaban J connectivity index is 2.45. The van der Waals surface area contributed by atoms with E-state index in [1.165, 1.54) is 18.2 Å². The number of fused-ring (bicyclic) bond motifs is 1. The van der Waals surface area contributed by atoms with E-state index in [0.717, 1.165) is 11.0 Å². The molecule has 0 aliphatic carbocycles. The van der Waals surface area contributed by atoms with Gasteiger partial charge in [0.2, 0.25) is 0 Å². The summed E-state index contributed by atoms with van der Waals surface area (Å²) in [6.07, 6.45) is 1.80. The molecule has 0 saturated heterocycles. The van der Waals surface area contributed by atoms with E-state index >= 15 is 0 Å². The Morgan fingerprint density at radius 3 is 2.53 bits per heavy atom. The highest BCUT2D eigenvalue weighted by atomic mass is 16.5. The van der Waals surface area contributed by atoms with Gasteiger partial charge in [-0.1, -0.05) is 0 Å². The number of ether oxygens (including phenoxy) is 1. The minimum atomic E-state index is -0.205. The summed E-state index contributed by atoms with van der Waals surface area (Å²) in [6, 6.07) is 4.22. The van der Waals surface area contributed by atoms with E-state index in [-0.39, 0.29) is 17.9 Å². The highest BCUT2D eigenvalue weighted by Gasteiger charge is 2.23. The first-order valence-corrected chi connectivity index (χ1v) is 6.47. The van der Waals surface area contributed by atoms with Crippen molar-refractivity contribution in [3.63, 3.8) is 0 Å². The highest BCUT2D eigenvalue weighted by Crippen LogP contribution is 2.25. The molecule has 102 valence electrons. The van der Waals surface area contributed by atoms with Gasteiger partial charge in [-0.3, -0.25) is 4.79 Å². The fourth-order valence-electron chi connectivity index (χ4n) is 2.23. The van der Waals surface area contributed by atoms with E-state index in [1.54, 1.807) is 6.33 Å². The van der Waals surface area contributed by atoms with Crippen LogP contribution >= 0.6 is 0 Å². The van der Waals surface area contributed by atoms with Crippen molar-refractivity contribution in [1.82, 2.24) is 9.55 Å². The van der Waals surface area contributed by atoms with Crippen LogP contribution in [0.5, 0.6) is 0 Å². The largest absolute Gasteiger partial charge is 0.469 e. The predicted octanol–water partition coefficient (Wildman–Crippen LogP) is 3.02. The molecule has 2 aromatic rings. The van der Waals surface area contributed by atoms with Crippen molar-refractivity contribution in [3.8, 4) is 0 Å². The summed E-state index contributed by atoms with van der Waals surface area (Å²) in [4.78, 5) is 16.1. The smallest absolute Gasteiger partial charge is 0.310 e. The van der Waals surface area contributed by atoms with Gasteiger partial charge in [0.15, 0.2) is 0 Å². The van der Waals surface area contributed by atoms with E-state index in [0.29, 0.717) is 0 Å². The number of hydrogen-bond donors (Lipinski definition) is 0. The summed E-state index contributed by atoms with van der Waals surface area (Å²) in [5.74, 6) is -0.401. The first kappa shape index (κ1) is 13.6. The van der Waals surface area contributed by atoms with Crippen LogP contribution < -0.4 is 0 Å². The Kier molecular flexibility index (Phi) is 3.60. The summed E-state index contributed by atoms with van der Waals surface area (Å²) in [5, 5.41) is 0. The lowest BCUT2D eigenvalue weighted by Gasteiger charge is -2.20. The third kappa shape index (κ3) is 2.35. The van der Waals surface area contributed by atoms with Crippen molar-refractivity contribution >= 4 is 17.0 Å². The topological polar surface area (TPSA) is 44.1 Å². The van der Waals surface area contributed by atoms with Gasteiger partial charge in [0.25, 0.3) is 0 Å². The standard InChI is InChI=1S/C15H20N2O2/c1-9-6-13-14(7-10(9)2)17(8-16-13)12(4)11(3)15(18)19-5/h6-8,11-12H,1-5H3. The second-order valence-corrected chi connectivity index (χ2v) is 5.13. The zero-order chi connectivity index (χ0) is 14.2. The molecule has 0 aliphatic heterocycles. The summed E-state index contributed by atoms with van der Waals surface area (Å²) in [5.41, 5.74) is 4.48. The summed E-state index contributed by atoms with van der Waals surface area (Å²) in [7, 11) is 1.42. The van der Waals surface area contributed by atoms with Gasteiger partial charge in [0.1, 0.15) is 0 Å². The molecule has 0 bridgehead atoms. The maximum absolute atomic E-state index is 11.6. The van der Waals surface area contributed by atoms with E-state index in [4.69, 9.17) is 4.74 Å². The number of esters is 1. The molecular formula is C15H20N2O2. The van der Waals surface area contributed by atoms with Crippen molar-refractivity contribution in [1.29, 1.82) is 0 Å². The second-order valence-electron chi connectivity index (χ2n) is 5.13. The van der Waals surface area contributed by atoms with Crippen molar-refractivity contribution < 1.29 is 9.53 Å². The quantitative estimate of drug-likeness (QED) is 0.797. The first-order chi connectivity index (χ1) is 8.95. The average molecular weight is 260 g/mol. The van der Waals surface area contributed by atoms with Gasteiger partial charge in [-0.2, -0.15) is 0 Å². The third-order valence-corrected chi connectivity index (χ3v) is 3.93. The van der Waals surface area contributed by atoms with E-state index in [1.807, 2.05) is 18.4 Å². The van der Waals surface area contributed by atoms with Crippen LogP contribution in [0.15, 0.2) is 18.5 Å². The summed E-state index contributed by atoms with van der Waals surface area (Å²) in [6.45, 7) is 8.05.